The fourth-order valence-electron chi connectivity index (χ4n) is 2.31. The normalized spacial score (nSPS) is 15.9. The Labute approximate surface area is 133 Å². The van der Waals surface area contributed by atoms with Crippen LogP contribution in [0.1, 0.15) is 12.8 Å². The maximum Gasteiger partial charge on any atom is 0.148 e. The fraction of sp³-hybridized carbons (Fsp3) is 0.333. The molecule has 110 valence electrons. The predicted octanol–water partition coefficient (Wildman–Crippen LogP) is 4.04. The van der Waals surface area contributed by atoms with Gasteiger partial charge in [-0.3, -0.25) is 0 Å². The molecule has 1 aromatic carbocycles. The Morgan fingerprint density at radius 3 is 2.57 bits per heavy atom. The third-order valence-electron chi connectivity index (χ3n) is 3.47. The van der Waals surface area contributed by atoms with Crippen LogP contribution in [0.2, 0.25) is 10.0 Å². The predicted molar refractivity (Wildman–Crippen MR) is 85.0 cm³/mol. The minimum Gasteiger partial charge on any atom is -0.381 e. The lowest BCUT2D eigenvalue weighted by molar-refractivity contribution is 0.0903. The zero-order valence-electron chi connectivity index (χ0n) is 11.4. The SMILES string of the molecule is Clc1cccc(-c2ccc(NC3CCOCC3)nn2)c1Cl. The van der Waals surface area contributed by atoms with E-state index in [-0.39, 0.29) is 0 Å². The second kappa shape index (κ2) is 6.60. The van der Waals surface area contributed by atoms with Crippen molar-refractivity contribution < 1.29 is 4.74 Å². The number of benzene rings is 1. The van der Waals surface area contributed by atoms with Crippen molar-refractivity contribution in [3.8, 4) is 11.3 Å². The Kier molecular flexibility index (Phi) is 4.58. The molecular formula is C15H15Cl2N3O. The molecule has 1 N–H and O–H groups in total. The summed E-state index contributed by atoms with van der Waals surface area (Å²) in [6.07, 6.45) is 1.98. The van der Waals surface area contributed by atoms with Crippen LogP contribution in [-0.2, 0) is 4.74 Å². The number of anilines is 1. The topological polar surface area (TPSA) is 47.0 Å². The Balaban J connectivity index is 1.75. The molecule has 1 saturated heterocycles. The summed E-state index contributed by atoms with van der Waals surface area (Å²) in [6, 6.07) is 9.68. The van der Waals surface area contributed by atoms with Crippen LogP contribution < -0.4 is 5.32 Å². The summed E-state index contributed by atoms with van der Waals surface area (Å²) in [6.45, 7) is 1.59. The highest BCUT2D eigenvalue weighted by atomic mass is 35.5. The fourth-order valence-corrected chi connectivity index (χ4v) is 2.70. The van der Waals surface area contributed by atoms with Gasteiger partial charge in [0.2, 0.25) is 0 Å². The molecule has 0 aliphatic carbocycles. The van der Waals surface area contributed by atoms with Gasteiger partial charge in [0.05, 0.1) is 15.7 Å². The number of hydrogen-bond acceptors (Lipinski definition) is 4. The highest BCUT2D eigenvalue weighted by Gasteiger charge is 2.14. The monoisotopic (exact) mass is 323 g/mol. The van der Waals surface area contributed by atoms with Crippen LogP contribution in [0.15, 0.2) is 30.3 Å². The van der Waals surface area contributed by atoms with Gasteiger partial charge >= 0.3 is 0 Å². The second-order valence-corrected chi connectivity index (χ2v) is 5.72. The van der Waals surface area contributed by atoms with E-state index in [2.05, 4.69) is 15.5 Å². The summed E-state index contributed by atoms with van der Waals surface area (Å²) in [7, 11) is 0. The first-order chi connectivity index (χ1) is 10.2. The Bertz CT molecular complexity index is 613. The van der Waals surface area contributed by atoms with Gasteiger partial charge in [0.15, 0.2) is 0 Å². The average Bonchev–Trinajstić information content (AvgIpc) is 2.52. The molecule has 2 aromatic rings. The zero-order chi connectivity index (χ0) is 14.7. The highest BCUT2D eigenvalue weighted by Crippen LogP contribution is 2.32. The first-order valence-corrected chi connectivity index (χ1v) is 7.62. The Morgan fingerprint density at radius 2 is 1.86 bits per heavy atom. The molecule has 0 bridgehead atoms. The van der Waals surface area contributed by atoms with E-state index in [1.807, 2.05) is 24.3 Å². The molecule has 0 atom stereocenters. The van der Waals surface area contributed by atoms with Gasteiger partial charge in [-0.05, 0) is 31.0 Å². The third kappa shape index (κ3) is 3.46. The summed E-state index contributed by atoms with van der Waals surface area (Å²) < 4.78 is 5.34. The molecule has 0 unspecified atom stereocenters. The van der Waals surface area contributed by atoms with Crippen LogP contribution in [0.4, 0.5) is 5.82 Å². The zero-order valence-corrected chi connectivity index (χ0v) is 12.9. The van der Waals surface area contributed by atoms with E-state index in [1.165, 1.54) is 0 Å². The lowest BCUT2D eigenvalue weighted by Gasteiger charge is -2.23. The quantitative estimate of drug-likeness (QED) is 0.925. The lowest BCUT2D eigenvalue weighted by Crippen LogP contribution is -2.28. The molecule has 21 heavy (non-hydrogen) atoms. The van der Waals surface area contributed by atoms with Gasteiger partial charge in [-0.1, -0.05) is 35.3 Å². The molecular weight excluding hydrogens is 309 g/mol. The molecule has 2 heterocycles. The van der Waals surface area contributed by atoms with Crippen LogP contribution in [0, 0.1) is 0 Å². The molecule has 0 saturated carbocycles. The summed E-state index contributed by atoms with van der Waals surface area (Å²) in [5.41, 5.74) is 1.49. The van der Waals surface area contributed by atoms with Gasteiger partial charge in [-0.25, -0.2) is 0 Å². The Hall–Kier alpha value is -1.36. The molecule has 1 aliphatic heterocycles. The third-order valence-corrected chi connectivity index (χ3v) is 4.28. The molecule has 0 radical (unpaired) electrons. The van der Waals surface area contributed by atoms with Crippen molar-refractivity contribution in [3.05, 3.63) is 40.4 Å². The van der Waals surface area contributed by atoms with Crippen LogP contribution in [0.25, 0.3) is 11.3 Å². The molecule has 1 aromatic heterocycles. The molecule has 0 spiro atoms. The van der Waals surface area contributed by atoms with Crippen molar-refractivity contribution in [2.75, 3.05) is 18.5 Å². The smallest absolute Gasteiger partial charge is 0.148 e. The largest absolute Gasteiger partial charge is 0.381 e. The number of ether oxygens (including phenoxy) is 1. The van der Waals surface area contributed by atoms with E-state index < -0.39 is 0 Å². The van der Waals surface area contributed by atoms with Crippen LogP contribution in [0.3, 0.4) is 0 Å². The van der Waals surface area contributed by atoms with E-state index in [4.69, 9.17) is 27.9 Å². The van der Waals surface area contributed by atoms with Crippen molar-refractivity contribution in [1.82, 2.24) is 10.2 Å². The molecule has 0 amide bonds. The van der Waals surface area contributed by atoms with Gasteiger partial charge < -0.3 is 10.1 Å². The summed E-state index contributed by atoms with van der Waals surface area (Å²) in [5.74, 6) is 0.767. The van der Waals surface area contributed by atoms with Gasteiger partial charge in [-0.2, -0.15) is 0 Å². The lowest BCUT2D eigenvalue weighted by atomic mass is 10.1. The van der Waals surface area contributed by atoms with E-state index in [1.54, 1.807) is 6.07 Å². The minimum atomic E-state index is 0.397. The number of aromatic nitrogens is 2. The van der Waals surface area contributed by atoms with Crippen molar-refractivity contribution in [2.45, 2.75) is 18.9 Å². The maximum atomic E-state index is 6.19. The summed E-state index contributed by atoms with van der Waals surface area (Å²) >= 11 is 12.2. The van der Waals surface area contributed by atoms with Crippen LogP contribution in [0.5, 0.6) is 0 Å². The highest BCUT2D eigenvalue weighted by molar-refractivity contribution is 6.43. The molecule has 6 heteroatoms. The van der Waals surface area contributed by atoms with Crippen molar-refractivity contribution in [2.24, 2.45) is 0 Å². The van der Waals surface area contributed by atoms with E-state index in [0.717, 1.165) is 37.4 Å². The second-order valence-electron chi connectivity index (χ2n) is 4.94. The van der Waals surface area contributed by atoms with Crippen LogP contribution in [-0.4, -0.2) is 29.5 Å². The van der Waals surface area contributed by atoms with Gasteiger partial charge in [0.25, 0.3) is 0 Å². The van der Waals surface area contributed by atoms with E-state index in [9.17, 15) is 0 Å². The van der Waals surface area contributed by atoms with Crippen molar-refractivity contribution in [3.63, 3.8) is 0 Å². The first-order valence-electron chi connectivity index (χ1n) is 6.86. The molecule has 4 nitrogen and oxygen atoms in total. The summed E-state index contributed by atoms with van der Waals surface area (Å²) in [5, 5.41) is 12.8. The number of halogens is 2. The van der Waals surface area contributed by atoms with Gasteiger partial charge in [0.1, 0.15) is 5.82 Å². The van der Waals surface area contributed by atoms with Crippen molar-refractivity contribution >= 4 is 29.0 Å². The van der Waals surface area contributed by atoms with Gasteiger partial charge in [-0.15, -0.1) is 10.2 Å². The average molecular weight is 324 g/mol. The maximum absolute atomic E-state index is 6.19. The number of nitrogens with zero attached hydrogens (tertiary/aromatic N) is 2. The summed E-state index contributed by atoms with van der Waals surface area (Å²) in [4.78, 5) is 0. The molecule has 1 aliphatic rings. The van der Waals surface area contributed by atoms with E-state index in [0.29, 0.717) is 21.8 Å². The first kappa shape index (κ1) is 14.6. The Morgan fingerprint density at radius 1 is 1.05 bits per heavy atom. The van der Waals surface area contributed by atoms with Crippen molar-refractivity contribution in [1.29, 1.82) is 0 Å². The molecule has 1 fully saturated rings. The van der Waals surface area contributed by atoms with E-state index >= 15 is 0 Å². The molecule has 3 rings (SSSR count). The number of rotatable bonds is 3. The van der Waals surface area contributed by atoms with Crippen LogP contribution >= 0.6 is 23.2 Å². The number of hydrogen-bond donors (Lipinski definition) is 1. The number of nitrogens with one attached hydrogen (secondary N) is 1. The minimum absolute atomic E-state index is 0.397. The van der Waals surface area contributed by atoms with Gasteiger partial charge in [0, 0.05) is 24.8 Å². The standard InChI is InChI=1S/C15H15Cl2N3O/c16-12-3-1-2-11(15(12)17)13-4-5-14(20-19-13)18-10-6-8-21-9-7-10/h1-5,10H,6-9H2,(H,18,20).